The summed E-state index contributed by atoms with van der Waals surface area (Å²) in [6.45, 7) is 5.20. The zero-order chi connectivity index (χ0) is 29.1. The molecule has 1 spiro atoms. The van der Waals surface area contributed by atoms with E-state index in [0.717, 1.165) is 44.8 Å². The molecule has 0 unspecified atom stereocenters. The zero-order valence-corrected chi connectivity index (χ0v) is 20.6. The fourth-order valence-corrected chi connectivity index (χ4v) is 4.12. The standard InChI is InChI=1S/C18H27N3O3.2C2HF3O2/c1-20-9-16(11-24-10-15-4-3-6-19-8-15)18(13-20)5-7-21(14-18)17(22)12-23-2;2*3-2(4,5)1(6)7/h3-4,6,8,16H,5,7,9-14H2,1-2H3;2*(H,6,7)/t16-,18+;;/m0../s1. The van der Waals surface area contributed by atoms with Gasteiger partial charge in [-0.2, -0.15) is 26.3 Å². The lowest BCUT2D eigenvalue weighted by Gasteiger charge is -2.30. The van der Waals surface area contributed by atoms with Crippen molar-refractivity contribution in [3.8, 4) is 0 Å². The molecule has 16 heteroatoms. The highest BCUT2D eigenvalue weighted by molar-refractivity contribution is 5.77. The van der Waals surface area contributed by atoms with Crippen molar-refractivity contribution in [3.05, 3.63) is 30.1 Å². The summed E-state index contributed by atoms with van der Waals surface area (Å²) in [7, 11) is 3.73. The Bertz CT molecular complexity index is 893. The Morgan fingerprint density at radius 2 is 1.68 bits per heavy atom. The number of hydrogen-bond acceptors (Lipinski definition) is 7. The van der Waals surface area contributed by atoms with Crippen molar-refractivity contribution >= 4 is 17.8 Å². The minimum Gasteiger partial charge on any atom is -0.475 e. The van der Waals surface area contributed by atoms with Crippen molar-refractivity contribution in [2.24, 2.45) is 11.3 Å². The largest absolute Gasteiger partial charge is 0.490 e. The van der Waals surface area contributed by atoms with Crippen LogP contribution in [0.5, 0.6) is 0 Å². The van der Waals surface area contributed by atoms with Gasteiger partial charge < -0.3 is 29.5 Å². The Morgan fingerprint density at radius 3 is 2.16 bits per heavy atom. The number of carbonyl (C=O) groups excluding carboxylic acids is 1. The van der Waals surface area contributed by atoms with Crippen LogP contribution < -0.4 is 0 Å². The van der Waals surface area contributed by atoms with Crippen molar-refractivity contribution in [3.63, 3.8) is 0 Å². The maximum Gasteiger partial charge on any atom is 0.490 e. The van der Waals surface area contributed by atoms with E-state index in [-0.39, 0.29) is 17.9 Å². The maximum absolute atomic E-state index is 12.1. The molecular formula is C22H29F6N3O7. The summed E-state index contributed by atoms with van der Waals surface area (Å²) >= 11 is 0. The number of rotatable bonds is 6. The summed E-state index contributed by atoms with van der Waals surface area (Å²) in [4.78, 5) is 38.4. The number of hydrogen-bond donors (Lipinski definition) is 2. The third-order valence-corrected chi connectivity index (χ3v) is 5.78. The third-order valence-electron chi connectivity index (χ3n) is 5.78. The van der Waals surface area contributed by atoms with Crippen LogP contribution in [0.1, 0.15) is 12.0 Å². The molecule has 10 nitrogen and oxygen atoms in total. The number of methoxy groups -OCH3 is 1. The molecule has 3 heterocycles. The number of pyridine rings is 1. The van der Waals surface area contributed by atoms with E-state index in [1.54, 1.807) is 13.3 Å². The summed E-state index contributed by atoms with van der Waals surface area (Å²) < 4.78 is 74.5. The molecule has 2 aliphatic rings. The summed E-state index contributed by atoms with van der Waals surface area (Å²) in [6.07, 6.45) is -5.50. The Labute approximate surface area is 214 Å². The fourth-order valence-electron chi connectivity index (χ4n) is 4.12. The zero-order valence-electron chi connectivity index (χ0n) is 20.6. The average Bonchev–Trinajstić information content (AvgIpc) is 3.37. The van der Waals surface area contributed by atoms with E-state index < -0.39 is 24.3 Å². The number of halogens is 6. The molecule has 0 aromatic carbocycles. The molecule has 1 amide bonds. The van der Waals surface area contributed by atoms with Gasteiger partial charge in [-0.1, -0.05) is 6.07 Å². The van der Waals surface area contributed by atoms with Crippen LogP contribution in [0.2, 0.25) is 0 Å². The molecule has 0 radical (unpaired) electrons. The van der Waals surface area contributed by atoms with Gasteiger partial charge in [0, 0.05) is 57.0 Å². The second-order valence-corrected chi connectivity index (χ2v) is 8.74. The van der Waals surface area contributed by atoms with Crippen LogP contribution in [0.4, 0.5) is 26.3 Å². The topological polar surface area (TPSA) is 130 Å². The molecule has 2 aliphatic heterocycles. The van der Waals surface area contributed by atoms with Gasteiger partial charge >= 0.3 is 24.3 Å². The molecule has 2 atom stereocenters. The molecule has 1 aromatic rings. The average molecular weight is 561 g/mol. The Hall–Kier alpha value is -2.98. The molecule has 0 aliphatic carbocycles. The minimum absolute atomic E-state index is 0.0963. The lowest BCUT2D eigenvalue weighted by Crippen LogP contribution is -2.39. The Kier molecular flexibility index (Phi) is 12.4. The van der Waals surface area contributed by atoms with Crippen LogP contribution in [0.25, 0.3) is 0 Å². The second kappa shape index (κ2) is 14.2. The van der Waals surface area contributed by atoms with Crippen LogP contribution >= 0.6 is 0 Å². The summed E-state index contributed by atoms with van der Waals surface area (Å²) in [6, 6.07) is 3.96. The number of alkyl halides is 6. The van der Waals surface area contributed by atoms with Gasteiger partial charge in [0.2, 0.25) is 5.91 Å². The number of carboxylic acid groups (broad SMARTS) is 2. The summed E-state index contributed by atoms with van der Waals surface area (Å²) in [5.74, 6) is -4.96. The van der Waals surface area contributed by atoms with Gasteiger partial charge in [-0.3, -0.25) is 9.78 Å². The molecule has 1 aromatic heterocycles. The van der Waals surface area contributed by atoms with Gasteiger partial charge in [-0.15, -0.1) is 0 Å². The van der Waals surface area contributed by atoms with Crippen molar-refractivity contribution in [1.29, 1.82) is 0 Å². The van der Waals surface area contributed by atoms with Crippen molar-refractivity contribution in [2.75, 3.05) is 53.6 Å². The van der Waals surface area contributed by atoms with Gasteiger partial charge in [0.25, 0.3) is 0 Å². The number of aliphatic carboxylic acids is 2. The summed E-state index contributed by atoms with van der Waals surface area (Å²) in [5.41, 5.74) is 1.26. The van der Waals surface area contributed by atoms with E-state index in [1.807, 2.05) is 23.2 Å². The van der Waals surface area contributed by atoms with Crippen LogP contribution in [-0.2, 0) is 30.5 Å². The first-order valence-corrected chi connectivity index (χ1v) is 11.0. The first-order valence-electron chi connectivity index (χ1n) is 11.0. The van der Waals surface area contributed by atoms with Crippen molar-refractivity contribution < 1.29 is 60.4 Å². The molecular weight excluding hydrogens is 532 g/mol. The highest BCUT2D eigenvalue weighted by Gasteiger charge is 2.50. The number of nitrogens with zero attached hydrogens (tertiary/aromatic N) is 3. The number of carboxylic acids is 2. The number of ether oxygens (including phenoxy) is 2. The number of amides is 1. The van der Waals surface area contributed by atoms with Gasteiger partial charge in [0.15, 0.2) is 0 Å². The van der Waals surface area contributed by atoms with E-state index in [9.17, 15) is 31.1 Å². The Morgan fingerprint density at radius 1 is 1.11 bits per heavy atom. The number of carbonyl (C=O) groups is 3. The number of aromatic nitrogens is 1. The fraction of sp³-hybridized carbons (Fsp3) is 0.636. The van der Waals surface area contributed by atoms with E-state index >= 15 is 0 Å². The molecule has 2 fully saturated rings. The highest BCUT2D eigenvalue weighted by atomic mass is 19.4. The smallest absolute Gasteiger partial charge is 0.475 e. The Balaban J connectivity index is 0.000000426. The van der Waals surface area contributed by atoms with Gasteiger partial charge in [0.1, 0.15) is 6.61 Å². The van der Waals surface area contributed by atoms with Crippen LogP contribution in [-0.4, -0.2) is 109 Å². The van der Waals surface area contributed by atoms with E-state index in [4.69, 9.17) is 29.3 Å². The molecule has 2 saturated heterocycles. The number of likely N-dealkylation sites (tertiary alicyclic amines) is 2. The molecule has 0 bridgehead atoms. The minimum atomic E-state index is -5.08. The van der Waals surface area contributed by atoms with E-state index in [1.165, 1.54) is 0 Å². The molecule has 216 valence electrons. The molecule has 38 heavy (non-hydrogen) atoms. The van der Waals surface area contributed by atoms with Crippen LogP contribution in [0.15, 0.2) is 24.5 Å². The van der Waals surface area contributed by atoms with Gasteiger partial charge in [-0.05, 0) is 25.1 Å². The van der Waals surface area contributed by atoms with Gasteiger partial charge in [-0.25, -0.2) is 9.59 Å². The summed E-state index contributed by atoms with van der Waals surface area (Å²) in [5, 5.41) is 14.2. The van der Waals surface area contributed by atoms with Crippen molar-refractivity contribution in [1.82, 2.24) is 14.8 Å². The molecule has 2 N–H and O–H groups in total. The maximum atomic E-state index is 12.1. The first kappa shape index (κ1) is 33.0. The molecule has 3 rings (SSSR count). The monoisotopic (exact) mass is 561 g/mol. The van der Waals surface area contributed by atoms with Crippen LogP contribution in [0.3, 0.4) is 0 Å². The highest BCUT2D eigenvalue weighted by Crippen LogP contribution is 2.43. The van der Waals surface area contributed by atoms with E-state index in [0.29, 0.717) is 12.5 Å². The first-order chi connectivity index (χ1) is 17.5. The predicted molar refractivity (Wildman–Crippen MR) is 118 cm³/mol. The SMILES string of the molecule is COCC(=O)N1CC[C@@]2(CN(C)C[C@H]2COCc2cccnc2)C1.O=C(O)C(F)(F)F.O=C(O)C(F)(F)F. The molecule has 0 saturated carbocycles. The van der Waals surface area contributed by atoms with Crippen molar-refractivity contribution in [2.45, 2.75) is 25.4 Å². The normalized spacial score (nSPS) is 21.4. The predicted octanol–water partition coefficient (Wildman–Crippen LogP) is 2.29. The van der Waals surface area contributed by atoms with Crippen LogP contribution in [0, 0.1) is 11.3 Å². The third kappa shape index (κ3) is 10.8. The van der Waals surface area contributed by atoms with E-state index in [2.05, 4.69) is 16.9 Å². The van der Waals surface area contributed by atoms with Gasteiger partial charge in [0.05, 0.1) is 13.2 Å². The lowest BCUT2D eigenvalue weighted by molar-refractivity contribution is -0.193. The quantitative estimate of drug-likeness (QED) is 0.503. The lowest BCUT2D eigenvalue weighted by atomic mass is 9.77. The second-order valence-electron chi connectivity index (χ2n) is 8.74.